The van der Waals surface area contributed by atoms with E-state index in [0.29, 0.717) is 36.9 Å². The highest BCUT2D eigenvalue weighted by molar-refractivity contribution is 6.03. The SMILES string of the molecule is CC(c1c(OCC2CC2)ccc2c1OCC2=O)N1CCN(C(=O)OC(C)(C)C)CC1. The maximum atomic E-state index is 12.4. The summed E-state index contributed by atoms with van der Waals surface area (Å²) in [4.78, 5) is 28.6. The number of carbonyl (C=O) groups excluding carboxylic acids is 2. The number of ether oxygens (including phenoxy) is 3. The molecule has 4 rings (SSSR count). The van der Waals surface area contributed by atoms with Crippen molar-refractivity contribution in [2.45, 2.75) is 52.2 Å². The fourth-order valence-electron chi connectivity index (χ4n) is 3.99. The van der Waals surface area contributed by atoms with Gasteiger partial charge >= 0.3 is 6.09 Å². The molecule has 30 heavy (non-hydrogen) atoms. The standard InChI is InChI=1S/C23H32N2O5/c1-15(24-9-11-25(12-10-24)22(27)30-23(2,3)4)20-19(28-13-16-5-6-16)8-7-17-18(26)14-29-21(17)20/h7-8,15-16H,5-6,9-14H2,1-4H3. The molecule has 0 aromatic heterocycles. The summed E-state index contributed by atoms with van der Waals surface area (Å²) in [5.74, 6) is 2.12. The molecule has 2 aliphatic heterocycles. The van der Waals surface area contributed by atoms with Gasteiger partial charge in [0.25, 0.3) is 0 Å². The molecule has 0 spiro atoms. The van der Waals surface area contributed by atoms with E-state index < -0.39 is 5.60 Å². The van der Waals surface area contributed by atoms with Gasteiger partial charge in [-0.25, -0.2) is 4.79 Å². The summed E-state index contributed by atoms with van der Waals surface area (Å²) in [7, 11) is 0. The number of hydrogen-bond acceptors (Lipinski definition) is 6. The Hall–Kier alpha value is -2.28. The van der Waals surface area contributed by atoms with Gasteiger partial charge < -0.3 is 19.1 Å². The third-order valence-electron chi connectivity index (χ3n) is 5.91. The Kier molecular flexibility index (Phi) is 5.66. The van der Waals surface area contributed by atoms with E-state index in [1.54, 1.807) is 4.90 Å². The molecule has 7 nitrogen and oxygen atoms in total. The van der Waals surface area contributed by atoms with Crippen molar-refractivity contribution >= 4 is 11.9 Å². The third-order valence-corrected chi connectivity index (χ3v) is 5.91. The first-order chi connectivity index (χ1) is 14.2. The molecule has 2 fully saturated rings. The molecule has 1 unspecified atom stereocenters. The van der Waals surface area contributed by atoms with Crippen LogP contribution in [0, 0.1) is 5.92 Å². The van der Waals surface area contributed by atoms with E-state index in [2.05, 4.69) is 11.8 Å². The van der Waals surface area contributed by atoms with Crippen LogP contribution in [-0.4, -0.2) is 66.7 Å². The first kappa shape index (κ1) is 21.0. The number of benzene rings is 1. The Morgan fingerprint density at radius 1 is 1.20 bits per heavy atom. The van der Waals surface area contributed by atoms with Crippen LogP contribution < -0.4 is 9.47 Å². The van der Waals surface area contributed by atoms with E-state index in [0.717, 1.165) is 24.4 Å². The van der Waals surface area contributed by atoms with Gasteiger partial charge in [0.2, 0.25) is 5.78 Å². The first-order valence-corrected chi connectivity index (χ1v) is 10.9. The lowest BCUT2D eigenvalue weighted by atomic mass is 9.99. The van der Waals surface area contributed by atoms with Crippen molar-refractivity contribution < 1.29 is 23.8 Å². The molecule has 1 amide bonds. The number of hydrogen-bond donors (Lipinski definition) is 0. The minimum atomic E-state index is -0.496. The number of rotatable bonds is 5. The van der Waals surface area contributed by atoms with Crippen molar-refractivity contribution in [1.82, 2.24) is 9.80 Å². The fourth-order valence-corrected chi connectivity index (χ4v) is 3.99. The molecule has 1 saturated heterocycles. The van der Waals surface area contributed by atoms with E-state index in [1.165, 1.54) is 12.8 Å². The Morgan fingerprint density at radius 2 is 1.90 bits per heavy atom. The molecule has 1 aromatic carbocycles. The molecule has 1 atom stereocenters. The summed E-state index contributed by atoms with van der Waals surface area (Å²) in [6.07, 6.45) is 2.17. The van der Waals surface area contributed by atoms with Crippen molar-refractivity contribution in [3.8, 4) is 11.5 Å². The van der Waals surface area contributed by atoms with Crippen LogP contribution in [0.1, 0.15) is 62.5 Å². The number of amides is 1. The minimum Gasteiger partial charge on any atom is -0.493 e. The number of carbonyl (C=O) groups is 2. The van der Waals surface area contributed by atoms with Crippen LogP contribution in [0.2, 0.25) is 0 Å². The van der Waals surface area contributed by atoms with Gasteiger partial charge in [-0.2, -0.15) is 0 Å². The second-order valence-electron chi connectivity index (χ2n) is 9.50. The third kappa shape index (κ3) is 4.56. The maximum Gasteiger partial charge on any atom is 0.410 e. The Balaban J connectivity index is 1.48. The van der Waals surface area contributed by atoms with Gasteiger partial charge in [0.05, 0.1) is 17.7 Å². The monoisotopic (exact) mass is 416 g/mol. The number of piperazine rings is 1. The second kappa shape index (κ2) is 8.10. The lowest BCUT2D eigenvalue weighted by Gasteiger charge is -2.39. The molecule has 1 aromatic rings. The van der Waals surface area contributed by atoms with Crippen molar-refractivity contribution in [3.05, 3.63) is 23.3 Å². The van der Waals surface area contributed by atoms with Crippen molar-refractivity contribution in [3.63, 3.8) is 0 Å². The predicted octanol–water partition coefficient (Wildman–Crippen LogP) is 3.66. The summed E-state index contributed by atoms with van der Waals surface area (Å²) >= 11 is 0. The molecular weight excluding hydrogens is 384 g/mol. The molecular formula is C23H32N2O5. The van der Waals surface area contributed by atoms with Gasteiger partial charge in [-0.05, 0) is 58.6 Å². The van der Waals surface area contributed by atoms with Crippen LogP contribution in [0.15, 0.2) is 12.1 Å². The molecule has 2 heterocycles. The zero-order valence-corrected chi connectivity index (χ0v) is 18.4. The fraction of sp³-hybridized carbons (Fsp3) is 0.652. The lowest BCUT2D eigenvalue weighted by Crippen LogP contribution is -2.50. The van der Waals surface area contributed by atoms with Crippen molar-refractivity contribution in [2.24, 2.45) is 5.92 Å². The Labute approximate surface area is 178 Å². The molecule has 7 heteroatoms. The van der Waals surface area contributed by atoms with E-state index in [-0.39, 0.29) is 24.5 Å². The van der Waals surface area contributed by atoms with Gasteiger partial charge in [0.1, 0.15) is 17.1 Å². The zero-order chi connectivity index (χ0) is 21.5. The summed E-state index contributed by atoms with van der Waals surface area (Å²) < 4.78 is 17.4. The molecule has 0 bridgehead atoms. The average molecular weight is 417 g/mol. The normalized spacial score (nSPS) is 20.5. The molecule has 0 N–H and O–H groups in total. The number of Topliss-reactive ketones (excluding diaryl/α,β-unsaturated/α-hetero) is 1. The minimum absolute atomic E-state index is 0.0147. The van der Waals surface area contributed by atoms with Gasteiger partial charge in [-0.1, -0.05) is 0 Å². The van der Waals surface area contributed by atoms with Crippen LogP contribution in [0.4, 0.5) is 4.79 Å². The summed E-state index contributed by atoms with van der Waals surface area (Å²) in [6.45, 7) is 11.2. The summed E-state index contributed by atoms with van der Waals surface area (Å²) in [5.41, 5.74) is 1.09. The maximum absolute atomic E-state index is 12.4. The Morgan fingerprint density at radius 3 is 2.53 bits per heavy atom. The number of nitrogens with zero attached hydrogens (tertiary/aromatic N) is 2. The first-order valence-electron chi connectivity index (χ1n) is 10.9. The molecule has 164 valence electrons. The highest BCUT2D eigenvalue weighted by atomic mass is 16.6. The van der Waals surface area contributed by atoms with E-state index in [9.17, 15) is 9.59 Å². The van der Waals surface area contributed by atoms with Crippen LogP contribution in [0.25, 0.3) is 0 Å². The largest absolute Gasteiger partial charge is 0.493 e. The molecule has 1 aliphatic carbocycles. The predicted molar refractivity (Wildman–Crippen MR) is 112 cm³/mol. The summed E-state index contributed by atoms with van der Waals surface area (Å²) in [6, 6.07) is 3.75. The van der Waals surface area contributed by atoms with Gasteiger partial charge in [-0.15, -0.1) is 0 Å². The van der Waals surface area contributed by atoms with Gasteiger partial charge in [-0.3, -0.25) is 9.69 Å². The highest BCUT2D eigenvalue weighted by Crippen LogP contribution is 2.43. The highest BCUT2D eigenvalue weighted by Gasteiger charge is 2.34. The number of ketones is 1. The van der Waals surface area contributed by atoms with E-state index >= 15 is 0 Å². The van der Waals surface area contributed by atoms with E-state index in [1.807, 2.05) is 32.9 Å². The summed E-state index contributed by atoms with van der Waals surface area (Å²) in [5, 5.41) is 0. The quantitative estimate of drug-likeness (QED) is 0.730. The van der Waals surface area contributed by atoms with Crippen LogP contribution >= 0.6 is 0 Å². The lowest BCUT2D eigenvalue weighted by molar-refractivity contribution is 0.0108. The van der Waals surface area contributed by atoms with Crippen LogP contribution in [0.3, 0.4) is 0 Å². The smallest absolute Gasteiger partial charge is 0.410 e. The Bertz CT molecular complexity index is 820. The molecule has 0 radical (unpaired) electrons. The zero-order valence-electron chi connectivity index (χ0n) is 18.4. The van der Waals surface area contributed by atoms with Gasteiger partial charge in [0.15, 0.2) is 6.61 Å². The van der Waals surface area contributed by atoms with Crippen LogP contribution in [0.5, 0.6) is 11.5 Å². The van der Waals surface area contributed by atoms with Crippen molar-refractivity contribution in [1.29, 1.82) is 0 Å². The van der Waals surface area contributed by atoms with E-state index in [4.69, 9.17) is 14.2 Å². The van der Waals surface area contributed by atoms with Gasteiger partial charge in [0, 0.05) is 32.2 Å². The second-order valence-corrected chi connectivity index (χ2v) is 9.50. The number of fused-ring (bicyclic) bond motifs is 1. The van der Waals surface area contributed by atoms with Crippen molar-refractivity contribution in [2.75, 3.05) is 39.4 Å². The topological polar surface area (TPSA) is 68.3 Å². The van der Waals surface area contributed by atoms with Crippen LogP contribution in [-0.2, 0) is 4.74 Å². The molecule has 1 saturated carbocycles. The molecule has 3 aliphatic rings. The average Bonchev–Trinajstić information content (AvgIpc) is 3.46.